The number of halogens is 1. The number of benzene rings is 1. The summed E-state index contributed by atoms with van der Waals surface area (Å²) in [6.07, 6.45) is 1.60. The molecular weight excluding hydrogens is 249 g/mol. The number of fused-ring (bicyclic) bond motifs is 1. The summed E-state index contributed by atoms with van der Waals surface area (Å²) in [5.74, 6) is 0.773. The number of aromatic hydroxyl groups is 1. The van der Waals surface area contributed by atoms with Gasteiger partial charge in [0.2, 0.25) is 0 Å². The first-order chi connectivity index (χ1) is 9.19. The van der Waals surface area contributed by atoms with Crippen molar-refractivity contribution in [3.05, 3.63) is 29.8 Å². The van der Waals surface area contributed by atoms with Crippen LogP contribution in [0, 0.1) is 11.7 Å². The lowest BCUT2D eigenvalue weighted by molar-refractivity contribution is 0.191. The molecule has 1 aliphatic rings. The molecule has 0 radical (unpaired) electrons. The van der Waals surface area contributed by atoms with Crippen molar-refractivity contribution in [3.8, 4) is 17.1 Å². The highest BCUT2D eigenvalue weighted by Gasteiger charge is 2.24. The molecule has 1 aromatic heterocycles. The van der Waals surface area contributed by atoms with Gasteiger partial charge in [0.25, 0.3) is 0 Å². The van der Waals surface area contributed by atoms with E-state index in [1.165, 1.54) is 12.1 Å². The van der Waals surface area contributed by atoms with Crippen molar-refractivity contribution in [2.75, 3.05) is 6.61 Å². The SMILES string of the molecule is OCC1CCc2nnc(-c3ccc(O)cc3F)n2C1. The van der Waals surface area contributed by atoms with Crippen LogP contribution in [0.3, 0.4) is 0 Å². The summed E-state index contributed by atoms with van der Waals surface area (Å²) in [5.41, 5.74) is 0.315. The van der Waals surface area contributed by atoms with Crippen LogP contribution in [-0.4, -0.2) is 31.6 Å². The smallest absolute Gasteiger partial charge is 0.166 e. The van der Waals surface area contributed by atoms with E-state index >= 15 is 0 Å². The average Bonchev–Trinajstić information content (AvgIpc) is 2.81. The predicted molar refractivity (Wildman–Crippen MR) is 66.0 cm³/mol. The van der Waals surface area contributed by atoms with Crippen LogP contribution in [0.5, 0.6) is 5.75 Å². The quantitative estimate of drug-likeness (QED) is 0.857. The molecule has 0 fully saturated rings. The lowest BCUT2D eigenvalue weighted by Gasteiger charge is -2.22. The Morgan fingerprint density at radius 3 is 2.95 bits per heavy atom. The second kappa shape index (κ2) is 4.62. The van der Waals surface area contributed by atoms with Crippen LogP contribution in [0.15, 0.2) is 18.2 Å². The Morgan fingerprint density at radius 1 is 1.37 bits per heavy atom. The molecule has 5 nitrogen and oxygen atoms in total. The van der Waals surface area contributed by atoms with Crippen molar-refractivity contribution in [1.82, 2.24) is 14.8 Å². The van der Waals surface area contributed by atoms with Gasteiger partial charge in [0.05, 0.1) is 5.56 Å². The molecule has 0 spiro atoms. The second-order valence-electron chi connectivity index (χ2n) is 4.80. The first-order valence-corrected chi connectivity index (χ1v) is 6.21. The number of aliphatic hydroxyl groups is 1. The molecule has 0 bridgehead atoms. The fraction of sp³-hybridized carbons (Fsp3) is 0.385. The van der Waals surface area contributed by atoms with Crippen molar-refractivity contribution >= 4 is 0 Å². The molecule has 2 heterocycles. The Labute approximate surface area is 109 Å². The van der Waals surface area contributed by atoms with Gasteiger partial charge in [-0.2, -0.15) is 0 Å². The molecule has 3 rings (SSSR count). The third-order valence-electron chi connectivity index (χ3n) is 3.50. The molecule has 2 N–H and O–H groups in total. The van der Waals surface area contributed by atoms with Gasteiger partial charge < -0.3 is 14.8 Å². The Hall–Kier alpha value is -1.95. The van der Waals surface area contributed by atoms with Gasteiger partial charge >= 0.3 is 0 Å². The largest absolute Gasteiger partial charge is 0.508 e. The Morgan fingerprint density at radius 2 is 2.21 bits per heavy atom. The van der Waals surface area contributed by atoms with Crippen LogP contribution < -0.4 is 0 Å². The molecular formula is C13H14FN3O2. The van der Waals surface area contributed by atoms with Gasteiger partial charge in [-0.1, -0.05) is 0 Å². The molecule has 0 saturated heterocycles. The first-order valence-electron chi connectivity index (χ1n) is 6.21. The molecule has 0 aliphatic carbocycles. The fourth-order valence-corrected chi connectivity index (χ4v) is 2.43. The Bertz CT molecular complexity index is 612. The maximum Gasteiger partial charge on any atom is 0.166 e. The van der Waals surface area contributed by atoms with Crippen LogP contribution >= 0.6 is 0 Å². The number of aryl methyl sites for hydroxylation is 1. The molecule has 1 aromatic carbocycles. The van der Waals surface area contributed by atoms with Gasteiger partial charge in [-0.3, -0.25) is 0 Å². The van der Waals surface area contributed by atoms with Crippen LogP contribution in [0.1, 0.15) is 12.2 Å². The summed E-state index contributed by atoms with van der Waals surface area (Å²) in [7, 11) is 0. The normalized spacial score (nSPS) is 18.3. The summed E-state index contributed by atoms with van der Waals surface area (Å²) >= 11 is 0. The van der Waals surface area contributed by atoms with Crippen LogP contribution in [0.4, 0.5) is 4.39 Å². The molecule has 0 saturated carbocycles. The maximum absolute atomic E-state index is 13.9. The molecule has 1 aliphatic heterocycles. The highest BCUT2D eigenvalue weighted by molar-refractivity contribution is 5.57. The zero-order valence-corrected chi connectivity index (χ0v) is 10.3. The van der Waals surface area contributed by atoms with Crippen LogP contribution in [-0.2, 0) is 13.0 Å². The lowest BCUT2D eigenvalue weighted by atomic mass is 10.00. The third-order valence-corrected chi connectivity index (χ3v) is 3.50. The molecule has 2 aromatic rings. The number of rotatable bonds is 2. The van der Waals surface area contributed by atoms with E-state index in [-0.39, 0.29) is 18.3 Å². The maximum atomic E-state index is 13.9. The minimum atomic E-state index is -0.527. The molecule has 1 atom stereocenters. The van der Waals surface area contributed by atoms with Crippen molar-refractivity contribution in [3.63, 3.8) is 0 Å². The number of aromatic nitrogens is 3. The minimum absolute atomic E-state index is 0.106. The molecule has 0 amide bonds. The Kier molecular flexibility index (Phi) is 2.94. The summed E-state index contributed by atoms with van der Waals surface area (Å²) in [4.78, 5) is 0. The van der Waals surface area contributed by atoms with E-state index in [4.69, 9.17) is 0 Å². The monoisotopic (exact) mass is 263 g/mol. The number of hydrogen-bond acceptors (Lipinski definition) is 4. The van der Waals surface area contributed by atoms with E-state index in [1.54, 1.807) is 0 Å². The minimum Gasteiger partial charge on any atom is -0.508 e. The van der Waals surface area contributed by atoms with Gasteiger partial charge in [0, 0.05) is 31.6 Å². The van der Waals surface area contributed by atoms with Crippen LogP contribution in [0.2, 0.25) is 0 Å². The highest BCUT2D eigenvalue weighted by atomic mass is 19.1. The van der Waals surface area contributed by atoms with Gasteiger partial charge in [-0.05, 0) is 18.6 Å². The summed E-state index contributed by atoms with van der Waals surface area (Å²) in [6.45, 7) is 0.698. The van der Waals surface area contributed by atoms with E-state index in [1.807, 2.05) is 4.57 Å². The highest BCUT2D eigenvalue weighted by Crippen LogP contribution is 2.28. The summed E-state index contributed by atoms with van der Waals surface area (Å²) < 4.78 is 15.7. The van der Waals surface area contributed by atoms with Gasteiger partial charge in [0.1, 0.15) is 17.4 Å². The number of phenols is 1. The molecule has 1 unspecified atom stereocenters. The second-order valence-corrected chi connectivity index (χ2v) is 4.80. The van der Waals surface area contributed by atoms with E-state index in [2.05, 4.69) is 10.2 Å². The third kappa shape index (κ3) is 2.08. The Balaban J connectivity index is 2.05. The van der Waals surface area contributed by atoms with E-state index in [9.17, 15) is 14.6 Å². The number of aliphatic hydroxyl groups excluding tert-OH is 1. The first kappa shape index (κ1) is 12.1. The van der Waals surface area contributed by atoms with Gasteiger partial charge in [-0.15, -0.1) is 10.2 Å². The average molecular weight is 263 g/mol. The number of nitrogens with zero attached hydrogens (tertiary/aromatic N) is 3. The standard InChI is InChI=1S/C13H14FN3O2/c14-11-5-9(19)2-3-10(11)13-16-15-12-4-1-8(7-18)6-17(12)13/h2-3,5,8,18-19H,1,4,6-7H2. The van der Waals surface area contributed by atoms with Crippen molar-refractivity contribution in [2.45, 2.75) is 19.4 Å². The summed E-state index contributed by atoms with van der Waals surface area (Å²) in [5, 5.41) is 26.6. The van der Waals surface area contributed by atoms with E-state index < -0.39 is 5.82 Å². The van der Waals surface area contributed by atoms with Crippen molar-refractivity contribution < 1.29 is 14.6 Å². The van der Waals surface area contributed by atoms with E-state index in [0.717, 1.165) is 24.7 Å². The van der Waals surface area contributed by atoms with Crippen molar-refractivity contribution in [2.24, 2.45) is 5.92 Å². The predicted octanol–water partition coefficient (Wildman–Crippen LogP) is 1.34. The molecule has 100 valence electrons. The van der Waals surface area contributed by atoms with E-state index in [0.29, 0.717) is 17.9 Å². The number of hydrogen-bond donors (Lipinski definition) is 2. The summed E-state index contributed by atoms with van der Waals surface area (Å²) in [6, 6.07) is 3.97. The zero-order chi connectivity index (χ0) is 13.4. The molecule has 6 heteroatoms. The molecule has 19 heavy (non-hydrogen) atoms. The van der Waals surface area contributed by atoms with Crippen molar-refractivity contribution in [1.29, 1.82) is 0 Å². The van der Waals surface area contributed by atoms with Gasteiger partial charge in [0.15, 0.2) is 5.82 Å². The zero-order valence-electron chi connectivity index (χ0n) is 10.3. The van der Waals surface area contributed by atoms with Gasteiger partial charge in [-0.25, -0.2) is 4.39 Å². The lowest BCUT2D eigenvalue weighted by Crippen LogP contribution is -2.23. The fourth-order valence-electron chi connectivity index (χ4n) is 2.43. The van der Waals surface area contributed by atoms with Crippen LogP contribution in [0.25, 0.3) is 11.4 Å². The topological polar surface area (TPSA) is 71.2 Å². The number of phenolic OH excluding ortho intramolecular Hbond substituents is 1.